The van der Waals surface area contributed by atoms with Crippen LogP contribution in [-0.2, 0) is 13.1 Å². The standard InChI is InChI=1S/C15H14N4O/c20-15(12-1-2-13-11(9-12)3-4-16-13)19-8-7-18-6-5-17-14(18)10-19/h1-6,9,16H,7-8,10H2. The van der Waals surface area contributed by atoms with Crippen molar-refractivity contribution in [2.75, 3.05) is 6.54 Å². The molecule has 0 fully saturated rings. The molecule has 1 N–H and O–H groups in total. The number of fused-ring (bicyclic) bond motifs is 2. The first-order valence-corrected chi connectivity index (χ1v) is 6.68. The molecule has 0 atom stereocenters. The Morgan fingerprint density at radius 2 is 2.20 bits per heavy atom. The molecule has 100 valence electrons. The molecule has 0 spiro atoms. The minimum atomic E-state index is 0.0716. The van der Waals surface area contributed by atoms with Crippen molar-refractivity contribution in [3.63, 3.8) is 0 Å². The molecule has 1 aliphatic heterocycles. The lowest BCUT2D eigenvalue weighted by Crippen LogP contribution is -2.38. The second kappa shape index (κ2) is 4.23. The van der Waals surface area contributed by atoms with Crippen molar-refractivity contribution in [3.05, 3.63) is 54.2 Å². The van der Waals surface area contributed by atoms with Gasteiger partial charge in [0.2, 0.25) is 0 Å². The third kappa shape index (κ3) is 1.71. The third-order valence-corrected chi connectivity index (χ3v) is 3.83. The SMILES string of the molecule is O=C(c1ccc2[nH]ccc2c1)N1CCn2ccnc2C1. The highest BCUT2D eigenvalue weighted by Crippen LogP contribution is 2.18. The van der Waals surface area contributed by atoms with Gasteiger partial charge in [0, 0.05) is 48.1 Å². The Morgan fingerprint density at radius 1 is 1.25 bits per heavy atom. The Morgan fingerprint density at radius 3 is 3.15 bits per heavy atom. The van der Waals surface area contributed by atoms with E-state index in [-0.39, 0.29) is 5.91 Å². The number of aromatic nitrogens is 3. The molecule has 0 saturated heterocycles. The van der Waals surface area contributed by atoms with E-state index in [1.165, 1.54) is 0 Å². The van der Waals surface area contributed by atoms with Crippen LogP contribution in [0.3, 0.4) is 0 Å². The fraction of sp³-hybridized carbons (Fsp3) is 0.200. The molecule has 1 amide bonds. The Hall–Kier alpha value is -2.56. The number of amides is 1. The summed E-state index contributed by atoms with van der Waals surface area (Å²) in [5, 5.41) is 1.06. The van der Waals surface area contributed by atoms with E-state index in [0.717, 1.165) is 35.4 Å². The Bertz CT molecular complexity index is 786. The highest BCUT2D eigenvalue weighted by Gasteiger charge is 2.22. The molecule has 0 saturated carbocycles. The Kier molecular flexibility index (Phi) is 2.39. The van der Waals surface area contributed by atoms with Gasteiger partial charge in [-0.3, -0.25) is 4.79 Å². The maximum absolute atomic E-state index is 12.6. The summed E-state index contributed by atoms with van der Waals surface area (Å²) in [5.74, 6) is 1.02. The molecular formula is C15H14N4O. The van der Waals surface area contributed by atoms with Crippen LogP contribution in [0.5, 0.6) is 0 Å². The molecule has 1 aromatic carbocycles. The van der Waals surface area contributed by atoms with Crippen LogP contribution < -0.4 is 0 Å². The highest BCUT2D eigenvalue weighted by molar-refractivity contribution is 5.98. The number of nitrogens with one attached hydrogen (secondary N) is 1. The van der Waals surface area contributed by atoms with Crippen molar-refractivity contribution in [1.82, 2.24) is 19.4 Å². The average Bonchev–Trinajstić information content (AvgIpc) is 3.13. The summed E-state index contributed by atoms with van der Waals surface area (Å²) in [6.07, 6.45) is 5.63. The molecule has 5 heteroatoms. The lowest BCUT2D eigenvalue weighted by molar-refractivity contribution is 0.0707. The van der Waals surface area contributed by atoms with Crippen LogP contribution in [0.1, 0.15) is 16.2 Å². The first kappa shape index (κ1) is 11.3. The predicted molar refractivity (Wildman–Crippen MR) is 75.3 cm³/mol. The fourth-order valence-corrected chi connectivity index (χ4v) is 2.72. The Balaban J connectivity index is 1.64. The zero-order valence-electron chi connectivity index (χ0n) is 10.9. The molecule has 3 heterocycles. The quantitative estimate of drug-likeness (QED) is 0.732. The van der Waals surface area contributed by atoms with E-state index in [1.807, 2.05) is 41.6 Å². The van der Waals surface area contributed by atoms with E-state index in [9.17, 15) is 4.79 Å². The minimum absolute atomic E-state index is 0.0716. The summed E-state index contributed by atoms with van der Waals surface area (Å²) in [6, 6.07) is 7.75. The number of benzene rings is 1. The van der Waals surface area contributed by atoms with Crippen LogP contribution in [-0.4, -0.2) is 31.9 Å². The second-order valence-corrected chi connectivity index (χ2v) is 5.04. The van der Waals surface area contributed by atoms with Crippen LogP contribution in [0.2, 0.25) is 0 Å². The molecular weight excluding hydrogens is 252 g/mol. The van der Waals surface area contributed by atoms with Crippen LogP contribution in [0.25, 0.3) is 10.9 Å². The molecule has 2 aromatic heterocycles. The summed E-state index contributed by atoms with van der Waals surface area (Å²) >= 11 is 0. The number of nitrogens with zero attached hydrogens (tertiary/aromatic N) is 3. The smallest absolute Gasteiger partial charge is 0.254 e. The lowest BCUT2D eigenvalue weighted by atomic mass is 10.1. The molecule has 4 rings (SSSR count). The van der Waals surface area contributed by atoms with Gasteiger partial charge in [0.15, 0.2) is 0 Å². The van der Waals surface area contributed by atoms with E-state index in [4.69, 9.17) is 0 Å². The lowest BCUT2D eigenvalue weighted by Gasteiger charge is -2.27. The van der Waals surface area contributed by atoms with Gasteiger partial charge in [-0.05, 0) is 24.3 Å². The van der Waals surface area contributed by atoms with E-state index in [1.54, 1.807) is 6.20 Å². The topological polar surface area (TPSA) is 53.9 Å². The van der Waals surface area contributed by atoms with Crippen LogP contribution >= 0.6 is 0 Å². The van der Waals surface area contributed by atoms with Gasteiger partial charge in [-0.1, -0.05) is 0 Å². The van der Waals surface area contributed by atoms with Crippen molar-refractivity contribution >= 4 is 16.8 Å². The van der Waals surface area contributed by atoms with Gasteiger partial charge in [-0.2, -0.15) is 0 Å². The molecule has 0 aliphatic carbocycles. The van der Waals surface area contributed by atoms with Gasteiger partial charge < -0.3 is 14.5 Å². The van der Waals surface area contributed by atoms with Crippen LogP contribution in [0, 0.1) is 0 Å². The van der Waals surface area contributed by atoms with Crippen molar-refractivity contribution in [1.29, 1.82) is 0 Å². The zero-order chi connectivity index (χ0) is 13.5. The summed E-state index contributed by atoms with van der Waals surface area (Å²) in [6.45, 7) is 2.12. The van der Waals surface area contributed by atoms with Gasteiger partial charge in [-0.25, -0.2) is 4.98 Å². The average molecular weight is 266 g/mol. The number of rotatable bonds is 1. The minimum Gasteiger partial charge on any atom is -0.361 e. The number of aromatic amines is 1. The number of hydrogen-bond donors (Lipinski definition) is 1. The Labute approximate surface area is 115 Å². The number of H-pyrrole nitrogens is 1. The van der Waals surface area contributed by atoms with E-state index in [0.29, 0.717) is 6.54 Å². The maximum atomic E-state index is 12.6. The molecule has 0 bridgehead atoms. The van der Waals surface area contributed by atoms with Gasteiger partial charge in [-0.15, -0.1) is 0 Å². The molecule has 0 radical (unpaired) electrons. The summed E-state index contributed by atoms with van der Waals surface area (Å²) < 4.78 is 2.10. The molecule has 0 unspecified atom stereocenters. The third-order valence-electron chi connectivity index (χ3n) is 3.83. The van der Waals surface area contributed by atoms with Crippen LogP contribution in [0.15, 0.2) is 42.9 Å². The summed E-state index contributed by atoms with van der Waals surface area (Å²) in [4.78, 5) is 21.9. The van der Waals surface area contributed by atoms with Gasteiger partial charge in [0.05, 0.1) is 6.54 Å². The fourth-order valence-electron chi connectivity index (χ4n) is 2.72. The summed E-state index contributed by atoms with van der Waals surface area (Å²) in [7, 11) is 0. The first-order valence-electron chi connectivity index (χ1n) is 6.68. The maximum Gasteiger partial charge on any atom is 0.254 e. The largest absolute Gasteiger partial charge is 0.361 e. The van der Waals surface area contributed by atoms with Gasteiger partial charge in [0.25, 0.3) is 5.91 Å². The normalized spacial score (nSPS) is 14.5. The number of imidazole rings is 1. The van der Waals surface area contributed by atoms with E-state index in [2.05, 4.69) is 14.5 Å². The number of carbonyl (C=O) groups excluding carboxylic acids is 1. The predicted octanol–water partition coefficient (Wildman–Crippen LogP) is 2.02. The van der Waals surface area contributed by atoms with Crippen LogP contribution in [0.4, 0.5) is 0 Å². The monoisotopic (exact) mass is 266 g/mol. The number of carbonyl (C=O) groups is 1. The second-order valence-electron chi connectivity index (χ2n) is 5.04. The first-order chi connectivity index (χ1) is 9.81. The summed E-state index contributed by atoms with van der Waals surface area (Å²) in [5.41, 5.74) is 1.79. The van der Waals surface area contributed by atoms with Crippen molar-refractivity contribution in [2.45, 2.75) is 13.1 Å². The van der Waals surface area contributed by atoms with Crippen molar-refractivity contribution in [2.24, 2.45) is 0 Å². The van der Waals surface area contributed by atoms with Gasteiger partial charge in [0.1, 0.15) is 5.82 Å². The van der Waals surface area contributed by atoms with E-state index >= 15 is 0 Å². The molecule has 20 heavy (non-hydrogen) atoms. The van der Waals surface area contributed by atoms with E-state index < -0.39 is 0 Å². The van der Waals surface area contributed by atoms with Gasteiger partial charge >= 0.3 is 0 Å². The van der Waals surface area contributed by atoms with Crippen molar-refractivity contribution < 1.29 is 4.79 Å². The molecule has 3 aromatic rings. The molecule has 5 nitrogen and oxygen atoms in total. The van der Waals surface area contributed by atoms with Crippen molar-refractivity contribution in [3.8, 4) is 0 Å². The number of hydrogen-bond acceptors (Lipinski definition) is 2. The highest BCUT2D eigenvalue weighted by atomic mass is 16.2. The molecule has 1 aliphatic rings. The zero-order valence-corrected chi connectivity index (χ0v) is 10.9.